The lowest BCUT2D eigenvalue weighted by Gasteiger charge is -2.30. The van der Waals surface area contributed by atoms with Crippen LogP contribution in [0.3, 0.4) is 0 Å². The Labute approximate surface area is 106 Å². The predicted octanol–water partition coefficient (Wildman–Crippen LogP) is 1.68. The molecule has 100 valence electrons. The summed E-state index contributed by atoms with van der Waals surface area (Å²) in [4.78, 5) is -0.456. The molecule has 1 aromatic rings. The standard InChI is InChI=1S/C12H17FN2O2S/c1-8(15-10-3-2-4-10)9-5-6-12(11(13)7-9)18(14,16)17/h5-8,10,15H,2-4H2,1H3,(H2,14,16,17). The van der Waals surface area contributed by atoms with E-state index in [-0.39, 0.29) is 6.04 Å². The highest BCUT2D eigenvalue weighted by molar-refractivity contribution is 7.89. The van der Waals surface area contributed by atoms with E-state index < -0.39 is 20.7 Å². The molecule has 1 aliphatic rings. The highest BCUT2D eigenvalue weighted by Gasteiger charge is 2.21. The summed E-state index contributed by atoms with van der Waals surface area (Å²) in [6, 6.07) is 4.54. The molecular formula is C12H17FN2O2S. The van der Waals surface area contributed by atoms with Gasteiger partial charge in [-0.05, 0) is 37.5 Å². The van der Waals surface area contributed by atoms with Gasteiger partial charge >= 0.3 is 0 Å². The van der Waals surface area contributed by atoms with Crippen LogP contribution in [-0.4, -0.2) is 14.5 Å². The van der Waals surface area contributed by atoms with Crippen molar-refractivity contribution in [2.45, 2.75) is 43.2 Å². The zero-order chi connectivity index (χ0) is 13.3. The minimum atomic E-state index is -3.99. The Bertz CT molecular complexity index is 541. The summed E-state index contributed by atoms with van der Waals surface area (Å²) >= 11 is 0. The Hall–Kier alpha value is -0.980. The summed E-state index contributed by atoms with van der Waals surface area (Å²) in [5.74, 6) is -0.794. The number of nitrogens with one attached hydrogen (secondary N) is 1. The number of nitrogens with two attached hydrogens (primary N) is 1. The van der Waals surface area contributed by atoms with Crippen molar-refractivity contribution in [2.24, 2.45) is 5.14 Å². The Kier molecular flexibility index (Phi) is 3.70. The van der Waals surface area contributed by atoms with Crippen LogP contribution in [-0.2, 0) is 10.0 Å². The fraction of sp³-hybridized carbons (Fsp3) is 0.500. The van der Waals surface area contributed by atoms with E-state index in [1.54, 1.807) is 6.07 Å². The molecule has 0 aliphatic heterocycles. The molecule has 1 saturated carbocycles. The second kappa shape index (κ2) is 4.95. The lowest BCUT2D eigenvalue weighted by atomic mass is 9.92. The van der Waals surface area contributed by atoms with Crippen LogP contribution >= 0.6 is 0 Å². The van der Waals surface area contributed by atoms with Gasteiger partial charge in [0, 0.05) is 12.1 Å². The average molecular weight is 272 g/mol. The third-order valence-corrected chi connectivity index (χ3v) is 4.30. The van der Waals surface area contributed by atoms with Crippen LogP contribution in [0.4, 0.5) is 4.39 Å². The lowest BCUT2D eigenvalue weighted by Crippen LogP contribution is -2.36. The maximum absolute atomic E-state index is 13.7. The van der Waals surface area contributed by atoms with Gasteiger partial charge in [-0.1, -0.05) is 12.5 Å². The Balaban J connectivity index is 2.17. The smallest absolute Gasteiger partial charge is 0.240 e. The van der Waals surface area contributed by atoms with Gasteiger partial charge < -0.3 is 5.32 Å². The Morgan fingerprint density at radius 2 is 2.11 bits per heavy atom. The van der Waals surface area contributed by atoms with Gasteiger partial charge in [0.2, 0.25) is 10.0 Å². The molecule has 0 radical (unpaired) electrons. The van der Waals surface area contributed by atoms with Gasteiger partial charge in [0.25, 0.3) is 0 Å². The van der Waals surface area contributed by atoms with Crippen LogP contribution in [0.15, 0.2) is 23.1 Å². The molecular weight excluding hydrogens is 255 g/mol. The predicted molar refractivity (Wildman–Crippen MR) is 67.0 cm³/mol. The van der Waals surface area contributed by atoms with E-state index in [1.165, 1.54) is 18.6 Å². The van der Waals surface area contributed by atoms with Crippen molar-refractivity contribution in [3.63, 3.8) is 0 Å². The fourth-order valence-electron chi connectivity index (χ4n) is 2.04. The van der Waals surface area contributed by atoms with Crippen LogP contribution in [0.25, 0.3) is 0 Å². The summed E-state index contributed by atoms with van der Waals surface area (Å²) in [7, 11) is -3.99. The first-order chi connectivity index (χ1) is 8.38. The van der Waals surface area contributed by atoms with Gasteiger partial charge in [-0.3, -0.25) is 0 Å². The molecule has 1 aliphatic carbocycles. The first kappa shape index (κ1) is 13.5. The monoisotopic (exact) mass is 272 g/mol. The van der Waals surface area contributed by atoms with Gasteiger partial charge in [0.05, 0.1) is 0 Å². The van der Waals surface area contributed by atoms with Crippen molar-refractivity contribution in [1.29, 1.82) is 0 Å². The van der Waals surface area contributed by atoms with Gasteiger partial charge in [0.1, 0.15) is 10.7 Å². The molecule has 18 heavy (non-hydrogen) atoms. The maximum Gasteiger partial charge on any atom is 0.240 e. The van der Waals surface area contributed by atoms with Crippen LogP contribution in [0.1, 0.15) is 37.8 Å². The number of benzene rings is 1. The van der Waals surface area contributed by atoms with Gasteiger partial charge in [-0.15, -0.1) is 0 Å². The molecule has 1 atom stereocenters. The second-order valence-corrected chi connectivity index (χ2v) is 6.28. The largest absolute Gasteiger partial charge is 0.307 e. The van der Waals surface area contributed by atoms with Crippen LogP contribution < -0.4 is 10.5 Å². The lowest BCUT2D eigenvalue weighted by molar-refractivity contribution is 0.313. The molecule has 1 aromatic carbocycles. The number of sulfonamides is 1. The normalized spacial score (nSPS) is 18.4. The molecule has 1 fully saturated rings. The highest BCUT2D eigenvalue weighted by Crippen LogP contribution is 2.24. The summed E-state index contributed by atoms with van der Waals surface area (Å²) in [5.41, 5.74) is 0.729. The summed E-state index contributed by atoms with van der Waals surface area (Å²) in [5, 5.41) is 8.28. The van der Waals surface area contributed by atoms with Crippen molar-refractivity contribution in [2.75, 3.05) is 0 Å². The maximum atomic E-state index is 13.7. The van der Waals surface area contributed by atoms with E-state index in [9.17, 15) is 12.8 Å². The molecule has 4 nitrogen and oxygen atoms in total. The van der Waals surface area contributed by atoms with Gasteiger partial charge in [-0.2, -0.15) is 0 Å². The molecule has 3 N–H and O–H groups in total. The van der Waals surface area contributed by atoms with E-state index in [1.807, 2.05) is 6.92 Å². The van der Waals surface area contributed by atoms with Gasteiger partial charge in [-0.25, -0.2) is 17.9 Å². The first-order valence-corrected chi connectivity index (χ1v) is 7.51. The van der Waals surface area contributed by atoms with Crippen molar-refractivity contribution in [3.8, 4) is 0 Å². The number of halogens is 1. The van der Waals surface area contributed by atoms with Crippen molar-refractivity contribution < 1.29 is 12.8 Å². The third-order valence-electron chi connectivity index (χ3n) is 3.35. The topological polar surface area (TPSA) is 72.2 Å². The zero-order valence-electron chi connectivity index (χ0n) is 10.2. The Morgan fingerprint density at radius 3 is 2.56 bits per heavy atom. The number of hydrogen-bond acceptors (Lipinski definition) is 3. The molecule has 1 unspecified atom stereocenters. The number of primary sulfonamides is 1. The first-order valence-electron chi connectivity index (χ1n) is 5.96. The van der Waals surface area contributed by atoms with Crippen molar-refractivity contribution >= 4 is 10.0 Å². The third kappa shape index (κ3) is 2.88. The molecule has 0 bridgehead atoms. The highest BCUT2D eigenvalue weighted by atomic mass is 32.2. The second-order valence-electron chi connectivity index (χ2n) is 4.75. The molecule has 0 amide bonds. The van der Waals surface area contributed by atoms with Crippen molar-refractivity contribution in [1.82, 2.24) is 5.32 Å². The SMILES string of the molecule is CC(NC1CCC1)c1ccc(S(N)(=O)=O)c(F)c1. The minimum absolute atomic E-state index is 0.000622. The number of hydrogen-bond donors (Lipinski definition) is 2. The summed E-state index contributed by atoms with van der Waals surface area (Å²) in [6.07, 6.45) is 3.51. The zero-order valence-corrected chi connectivity index (χ0v) is 11.0. The van der Waals surface area contributed by atoms with Crippen molar-refractivity contribution in [3.05, 3.63) is 29.6 Å². The van der Waals surface area contributed by atoms with E-state index in [0.717, 1.165) is 18.4 Å². The van der Waals surface area contributed by atoms with E-state index in [4.69, 9.17) is 5.14 Å². The summed E-state index contributed by atoms with van der Waals surface area (Å²) < 4.78 is 35.8. The number of rotatable bonds is 4. The van der Waals surface area contributed by atoms with E-state index >= 15 is 0 Å². The quantitative estimate of drug-likeness (QED) is 0.876. The molecule has 0 saturated heterocycles. The fourth-order valence-corrected chi connectivity index (χ4v) is 2.63. The summed E-state index contributed by atoms with van der Waals surface area (Å²) in [6.45, 7) is 1.93. The molecule has 0 heterocycles. The van der Waals surface area contributed by atoms with E-state index in [2.05, 4.69) is 5.32 Å². The molecule has 0 aromatic heterocycles. The molecule has 0 spiro atoms. The van der Waals surface area contributed by atoms with E-state index in [0.29, 0.717) is 6.04 Å². The Morgan fingerprint density at radius 1 is 1.44 bits per heavy atom. The van der Waals surface area contributed by atoms with Crippen LogP contribution in [0.2, 0.25) is 0 Å². The van der Waals surface area contributed by atoms with Gasteiger partial charge in [0.15, 0.2) is 0 Å². The molecule has 2 rings (SSSR count). The van der Waals surface area contributed by atoms with Crippen LogP contribution in [0.5, 0.6) is 0 Å². The molecule has 6 heteroatoms. The van der Waals surface area contributed by atoms with Crippen LogP contribution in [0, 0.1) is 5.82 Å². The average Bonchev–Trinajstić information content (AvgIpc) is 2.21. The minimum Gasteiger partial charge on any atom is -0.307 e.